The Balaban J connectivity index is 1.45. The molecule has 2 aliphatic carbocycles. The third-order valence-electron chi connectivity index (χ3n) is 5.74. The molecule has 9 heteroatoms. The van der Waals surface area contributed by atoms with Gasteiger partial charge in [-0.1, -0.05) is 31.4 Å². The van der Waals surface area contributed by atoms with E-state index in [-0.39, 0.29) is 17.9 Å². The summed E-state index contributed by atoms with van der Waals surface area (Å²) in [7, 11) is 0. The van der Waals surface area contributed by atoms with Gasteiger partial charge in [-0.3, -0.25) is 29.4 Å². The number of imide groups is 2. The molecule has 3 aliphatic rings. The summed E-state index contributed by atoms with van der Waals surface area (Å²) in [6.07, 6.45) is 8.44. The summed E-state index contributed by atoms with van der Waals surface area (Å²) < 4.78 is 5.02. The van der Waals surface area contributed by atoms with Crippen molar-refractivity contribution < 1.29 is 28.7 Å². The van der Waals surface area contributed by atoms with E-state index in [1.807, 2.05) is 12.2 Å². The lowest BCUT2D eigenvalue weighted by Crippen LogP contribution is -2.48. The number of hydrogen-bond acceptors (Lipinski definition) is 6. The third kappa shape index (κ3) is 5.02. The van der Waals surface area contributed by atoms with Gasteiger partial charge in [-0.15, -0.1) is 0 Å². The van der Waals surface area contributed by atoms with Crippen LogP contribution in [0.15, 0.2) is 12.2 Å². The van der Waals surface area contributed by atoms with Crippen LogP contribution in [-0.4, -0.2) is 53.3 Å². The molecule has 1 aliphatic heterocycles. The zero-order chi connectivity index (χ0) is 21.0. The average Bonchev–Trinajstić information content (AvgIpc) is 2.93. The van der Waals surface area contributed by atoms with Gasteiger partial charge in [-0.2, -0.15) is 0 Å². The van der Waals surface area contributed by atoms with Crippen LogP contribution in [0.3, 0.4) is 0 Å². The minimum atomic E-state index is -1.23. The first kappa shape index (κ1) is 21.0. The van der Waals surface area contributed by atoms with Gasteiger partial charge in [-0.05, 0) is 32.6 Å². The van der Waals surface area contributed by atoms with Gasteiger partial charge in [0.2, 0.25) is 11.8 Å². The molecule has 0 aromatic heterocycles. The molecular formula is C20H27N3O6. The predicted molar refractivity (Wildman–Crippen MR) is 101 cm³/mol. The van der Waals surface area contributed by atoms with Gasteiger partial charge in [0.05, 0.1) is 11.8 Å². The molecular weight excluding hydrogens is 378 g/mol. The Morgan fingerprint density at radius 1 is 1.07 bits per heavy atom. The number of ether oxygens (including phenoxy) is 1. The molecule has 3 atom stereocenters. The van der Waals surface area contributed by atoms with Crippen LogP contribution in [-0.2, 0) is 23.9 Å². The minimum Gasteiger partial charge on any atom is -0.451 e. The van der Waals surface area contributed by atoms with E-state index in [9.17, 15) is 24.0 Å². The molecule has 1 saturated heterocycles. The molecule has 1 saturated carbocycles. The molecule has 5 amide bonds. The van der Waals surface area contributed by atoms with E-state index in [1.54, 1.807) is 0 Å². The Morgan fingerprint density at radius 3 is 2.24 bits per heavy atom. The summed E-state index contributed by atoms with van der Waals surface area (Å²) in [5, 5.41) is 4.90. The van der Waals surface area contributed by atoms with Crippen LogP contribution < -0.4 is 10.6 Å². The second-order valence-electron chi connectivity index (χ2n) is 7.85. The monoisotopic (exact) mass is 405 g/mol. The van der Waals surface area contributed by atoms with Gasteiger partial charge in [-0.25, -0.2) is 4.79 Å². The highest BCUT2D eigenvalue weighted by molar-refractivity contribution is 6.07. The molecule has 0 aromatic carbocycles. The maximum absolute atomic E-state index is 12.4. The lowest BCUT2D eigenvalue weighted by molar-refractivity contribution is -0.159. The van der Waals surface area contributed by atoms with Crippen LogP contribution in [0.2, 0.25) is 0 Å². The first-order chi connectivity index (χ1) is 13.9. The molecule has 9 nitrogen and oxygen atoms in total. The summed E-state index contributed by atoms with van der Waals surface area (Å²) in [5.74, 6) is -3.25. The zero-order valence-electron chi connectivity index (χ0n) is 16.5. The van der Waals surface area contributed by atoms with Crippen molar-refractivity contribution in [2.45, 2.75) is 64.0 Å². The Bertz CT molecular complexity index is 702. The summed E-state index contributed by atoms with van der Waals surface area (Å²) in [4.78, 5) is 61.8. The van der Waals surface area contributed by atoms with E-state index in [1.165, 1.54) is 6.92 Å². The maximum Gasteiger partial charge on any atom is 0.326 e. The van der Waals surface area contributed by atoms with Crippen molar-refractivity contribution in [1.29, 1.82) is 0 Å². The number of hydrogen-bond donors (Lipinski definition) is 2. The van der Waals surface area contributed by atoms with Crippen molar-refractivity contribution in [1.82, 2.24) is 15.5 Å². The third-order valence-corrected chi connectivity index (χ3v) is 5.74. The summed E-state index contributed by atoms with van der Waals surface area (Å²) in [5.41, 5.74) is 0. The smallest absolute Gasteiger partial charge is 0.326 e. The van der Waals surface area contributed by atoms with Crippen molar-refractivity contribution in [2.24, 2.45) is 11.8 Å². The average molecular weight is 405 g/mol. The van der Waals surface area contributed by atoms with E-state index >= 15 is 0 Å². The fraction of sp³-hybridized carbons (Fsp3) is 0.650. The van der Waals surface area contributed by atoms with Crippen LogP contribution in [0.25, 0.3) is 0 Å². The maximum atomic E-state index is 12.4. The normalized spacial score (nSPS) is 25.3. The van der Waals surface area contributed by atoms with E-state index in [4.69, 9.17) is 4.74 Å². The molecule has 0 spiro atoms. The highest BCUT2D eigenvalue weighted by atomic mass is 16.5. The number of esters is 1. The number of urea groups is 1. The van der Waals surface area contributed by atoms with E-state index in [0.29, 0.717) is 12.8 Å². The fourth-order valence-electron chi connectivity index (χ4n) is 4.12. The van der Waals surface area contributed by atoms with Gasteiger partial charge >= 0.3 is 12.0 Å². The quantitative estimate of drug-likeness (QED) is 0.400. The molecule has 3 rings (SSSR count). The van der Waals surface area contributed by atoms with Crippen LogP contribution in [0, 0.1) is 11.8 Å². The SMILES string of the molecule is C[C@@H](OC(=O)CN1C(=O)[C@H]2CC=CC[C@H]2C1=O)C(=O)NC(=O)NC1CCCCC1. The second-order valence-corrected chi connectivity index (χ2v) is 7.85. The van der Waals surface area contributed by atoms with Crippen LogP contribution in [0.1, 0.15) is 51.9 Å². The molecule has 1 heterocycles. The molecule has 29 heavy (non-hydrogen) atoms. The number of likely N-dealkylation sites (tertiary alicyclic amines) is 1. The fourth-order valence-corrected chi connectivity index (χ4v) is 4.12. The molecule has 0 radical (unpaired) electrons. The van der Waals surface area contributed by atoms with Crippen molar-refractivity contribution in [3.63, 3.8) is 0 Å². The number of carbonyl (C=O) groups excluding carboxylic acids is 5. The number of nitrogens with one attached hydrogen (secondary N) is 2. The van der Waals surface area contributed by atoms with Crippen LogP contribution in [0.4, 0.5) is 4.79 Å². The Morgan fingerprint density at radius 2 is 1.66 bits per heavy atom. The molecule has 2 N–H and O–H groups in total. The van der Waals surface area contributed by atoms with E-state index < -0.39 is 42.4 Å². The first-order valence-electron chi connectivity index (χ1n) is 10.2. The number of rotatable bonds is 5. The summed E-state index contributed by atoms with van der Waals surface area (Å²) >= 11 is 0. The second kappa shape index (κ2) is 9.19. The van der Waals surface area contributed by atoms with E-state index in [2.05, 4.69) is 10.6 Å². The molecule has 2 fully saturated rings. The van der Waals surface area contributed by atoms with Gasteiger partial charge in [0.25, 0.3) is 5.91 Å². The molecule has 0 unspecified atom stereocenters. The number of amides is 5. The number of fused-ring (bicyclic) bond motifs is 1. The number of nitrogens with zero attached hydrogens (tertiary/aromatic N) is 1. The standard InChI is InChI=1S/C20H27N3O6/c1-12(17(25)22-20(28)21-13-7-3-2-4-8-13)29-16(24)11-23-18(26)14-9-5-6-10-15(14)19(23)27/h5-6,12-15H,2-4,7-11H2,1H3,(H2,21,22,25,28)/t12-,14-,15+/m1/s1. The highest BCUT2D eigenvalue weighted by Crippen LogP contribution is 2.34. The molecule has 0 bridgehead atoms. The minimum absolute atomic E-state index is 0.0413. The Kier molecular flexibility index (Phi) is 6.66. The topological polar surface area (TPSA) is 122 Å². The highest BCUT2D eigenvalue weighted by Gasteiger charge is 2.48. The lowest BCUT2D eigenvalue weighted by Gasteiger charge is -2.23. The Labute approximate surface area is 169 Å². The van der Waals surface area contributed by atoms with E-state index in [0.717, 1.165) is 37.0 Å². The summed E-state index contributed by atoms with van der Waals surface area (Å²) in [6.45, 7) is 0.801. The first-order valence-corrected chi connectivity index (χ1v) is 10.2. The van der Waals surface area contributed by atoms with Gasteiger partial charge in [0.1, 0.15) is 6.54 Å². The Hall–Kier alpha value is -2.71. The van der Waals surface area contributed by atoms with Gasteiger partial charge in [0.15, 0.2) is 6.10 Å². The largest absolute Gasteiger partial charge is 0.451 e. The van der Waals surface area contributed by atoms with Crippen molar-refractivity contribution >= 4 is 29.7 Å². The van der Waals surface area contributed by atoms with Crippen molar-refractivity contribution in [2.75, 3.05) is 6.54 Å². The lowest BCUT2D eigenvalue weighted by atomic mass is 9.85. The van der Waals surface area contributed by atoms with Gasteiger partial charge < -0.3 is 10.1 Å². The molecule has 0 aromatic rings. The zero-order valence-corrected chi connectivity index (χ0v) is 16.5. The van der Waals surface area contributed by atoms with Crippen molar-refractivity contribution in [3.8, 4) is 0 Å². The number of carbonyl (C=O) groups is 5. The number of allylic oxidation sites excluding steroid dienone is 2. The van der Waals surface area contributed by atoms with Crippen LogP contribution in [0.5, 0.6) is 0 Å². The van der Waals surface area contributed by atoms with Crippen molar-refractivity contribution in [3.05, 3.63) is 12.2 Å². The van der Waals surface area contributed by atoms with Gasteiger partial charge in [0, 0.05) is 6.04 Å². The van der Waals surface area contributed by atoms with Crippen LogP contribution >= 0.6 is 0 Å². The molecule has 158 valence electrons. The predicted octanol–water partition coefficient (Wildman–Crippen LogP) is 1.03. The summed E-state index contributed by atoms with van der Waals surface area (Å²) in [6, 6.07) is -0.578.